The molecule has 0 atom stereocenters. The van der Waals surface area contributed by atoms with Gasteiger partial charge >= 0.3 is 5.97 Å². The van der Waals surface area contributed by atoms with Gasteiger partial charge in [-0.2, -0.15) is 0 Å². The molecule has 1 aromatic carbocycles. The number of rotatable bonds is 4. The van der Waals surface area contributed by atoms with Crippen molar-refractivity contribution in [2.24, 2.45) is 4.99 Å². The Kier molecular flexibility index (Phi) is 9.88. The summed E-state index contributed by atoms with van der Waals surface area (Å²) in [5.74, 6) is 0.136. The molecule has 0 radical (unpaired) electrons. The van der Waals surface area contributed by atoms with Crippen molar-refractivity contribution >= 4 is 59.1 Å². The second-order valence-corrected chi connectivity index (χ2v) is 6.45. The van der Waals surface area contributed by atoms with Gasteiger partial charge in [0.2, 0.25) is 0 Å². The van der Waals surface area contributed by atoms with Crippen LogP contribution in [-0.2, 0) is 16.1 Å². The normalized spacial score (nSPS) is 11.5. The summed E-state index contributed by atoms with van der Waals surface area (Å²) in [5, 5.41) is 7.11. The molecule has 0 aromatic heterocycles. The molecule has 0 amide bonds. The van der Waals surface area contributed by atoms with Crippen molar-refractivity contribution in [1.82, 2.24) is 10.6 Å². The van der Waals surface area contributed by atoms with Crippen molar-refractivity contribution < 1.29 is 9.53 Å². The number of nitrogens with one attached hydrogen (secondary N) is 2. The van der Waals surface area contributed by atoms with Crippen LogP contribution in [0.2, 0.25) is 10.0 Å². The number of carbonyl (C=O) groups is 1. The minimum atomic E-state index is -0.507. The highest BCUT2D eigenvalue weighted by molar-refractivity contribution is 14.0. The quantitative estimate of drug-likeness (QED) is 0.303. The lowest BCUT2D eigenvalue weighted by molar-refractivity contribution is -0.153. The number of halogens is 3. The minimum Gasteiger partial charge on any atom is -0.459 e. The number of aliphatic imine (C=N–C) groups is 1. The maximum absolute atomic E-state index is 11.6. The van der Waals surface area contributed by atoms with Crippen LogP contribution in [0.25, 0.3) is 0 Å². The summed E-state index contributed by atoms with van der Waals surface area (Å²) >= 11 is 11.9. The predicted octanol–water partition coefficient (Wildman–Crippen LogP) is 3.62. The Bertz CT molecular complexity index is 560. The second-order valence-electron chi connectivity index (χ2n) is 5.60. The monoisotopic (exact) mass is 473 g/mol. The van der Waals surface area contributed by atoms with Gasteiger partial charge in [0.05, 0.1) is 0 Å². The number of ether oxygens (including phenoxy) is 1. The molecule has 2 N–H and O–H groups in total. The molecule has 1 aromatic rings. The lowest BCUT2D eigenvalue weighted by Crippen LogP contribution is -2.41. The molecule has 0 heterocycles. The molecule has 0 saturated heterocycles. The SMILES string of the molecule is CN=C(NCC(=O)OC(C)(C)C)NCc1ccc(Cl)cc1Cl.I. The average Bonchev–Trinajstić information content (AvgIpc) is 2.38. The van der Waals surface area contributed by atoms with Gasteiger partial charge in [-0.05, 0) is 38.5 Å². The fourth-order valence-electron chi connectivity index (χ4n) is 1.60. The third-order valence-electron chi connectivity index (χ3n) is 2.51. The number of nitrogens with zero attached hydrogens (tertiary/aromatic N) is 1. The summed E-state index contributed by atoms with van der Waals surface area (Å²) in [7, 11) is 1.62. The Morgan fingerprint density at radius 3 is 2.43 bits per heavy atom. The summed E-state index contributed by atoms with van der Waals surface area (Å²) < 4.78 is 5.21. The lowest BCUT2D eigenvalue weighted by Gasteiger charge is -2.20. The molecule has 0 fully saturated rings. The zero-order valence-corrected chi connectivity index (χ0v) is 17.4. The molecule has 0 aliphatic rings. The molecule has 0 aliphatic carbocycles. The van der Waals surface area contributed by atoms with Gasteiger partial charge in [-0.1, -0.05) is 29.3 Å². The molecule has 0 aliphatic heterocycles. The van der Waals surface area contributed by atoms with Crippen LogP contribution in [0.5, 0.6) is 0 Å². The van der Waals surface area contributed by atoms with Crippen LogP contribution >= 0.6 is 47.2 Å². The summed E-state index contributed by atoms with van der Waals surface area (Å²) in [5.41, 5.74) is 0.373. The molecular formula is C15H22Cl2IN3O2. The number of esters is 1. The van der Waals surface area contributed by atoms with Crippen LogP contribution in [0.3, 0.4) is 0 Å². The van der Waals surface area contributed by atoms with Crippen molar-refractivity contribution in [3.05, 3.63) is 33.8 Å². The van der Waals surface area contributed by atoms with Crippen molar-refractivity contribution in [2.45, 2.75) is 32.9 Å². The van der Waals surface area contributed by atoms with E-state index in [0.29, 0.717) is 22.5 Å². The first-order valence-corrected chi connectivity index (χ1v) is 7.57. The van der Waals surface area contributed by atoms with Crippen molar-refractivity contribution in [3.8, 4) is 0 Å². The molecule has 5 nitrogen and oxygen atoms in total. The molecular weight excluding hydrogens is 452 g/mol. The van der Waals surface area contributed by atoms with E-state index in [0.717, 1.165) is 5.56 Å². The highest BCUT2D eigenvalue weighted by atomic mass is 127. The lowest BCUT2D eigenvalue weighted by atomic mass is 10.2. The van der Waals surface area contributed by atoms with Crippen molar-refractivity contribution in [1.29, 1.82) is 0 Å². The fraction of sp³-hybridized carbons (Fsp3) is 0.467. The summed E-state index contributed by atoms with van der Waals surface area (Å²) in [6.45, 7) is 5.96. The first-order valence-electron chi connectivity index (χ1n) is 6.81. The van der Waals surface area contributed by atoms with E-state index in [1.54, 1.807) is 19.2 Å². The van der Waals surface area contributed by atoms with Crippen molar-refractivity contribution in [2.75, 3.05) is 13.6 Å². The maximum Gasteiger partial charge on any atom is 0.325 e. The Hall–Kier alpha value is -0.730. The summed E-state index contributed by atoms with van der Waals surface area (Å²) in [6.07, 6.45) is 0. The van der Waals surface area contributed by atoms with Crippen LogP contribution in [-0.4, -0.2) is 31.1 Å². The van der Waals surface area contributed by atoms with Gasteiger partial charge in [-0.3, -0.25) is 9.79 Å². The zero-order valence-electron chi connectivity index (χ0n) is 13.6. The molecule has 130 valence electrons. The number of hydrogen-bond acceptors (Lipinski definition) is 3. The van der Waals surface area contributed by atoms with Gasteiger partial charge < -0.3 is 15.4 Å². The Labute approximate surface area is 164 Å². The Morgan fingerprint density at radius 1 is 1.26 bits per heavy atom. The van der Waals surface area contributed by atoms with E-state index in [2.05, 4.69) is 15.6 Å². The molecule has 0 saturated carbocycles. The molecule has 0 spiro atoms. The average molecular weight is 474 g/mol. The standard InChI is InChI=1S/C15H21Cl2N3O2.HI/c1-15(2,3)22-13(21)9-20-14(18-4)19-8-10-5-6-11(16)7-12(10)17;/h5-7H,8-9H2,1-4H3,(H2,18,19,20);1H. The number of carbonyl (C=O) groups excluding carboxylic acids is 1. The highest BCUT2D eigenvalue weighted by Crippen LogP contribution is 2.20. The molecule has 23 heavy (non-hydrogen) atoms. The molecule has 8 heteroatoms. The summed E-state index contributed by atoms with van der Waals surface area (Å²) in [4.78, 5) is 15.7. The summed E-state index contributed by atoms with van der Waals surface area (Å²) in [6, 6.07) is 5.27. The van der Waals surface area contributed by atoms with E-state index in [9.17, 15) is 4.79 Å². The maximum atomic E-state index is 11.6. The van der Waals surface area contributed by atoms with E-state index in [1.807, 2.05) is 26.8 Å². The molecule has 0 unspecified atom stereocenters. The van der Waals surface area contributed by atoms with Crippen LogP contribution in [0.4, 0.5) is 0 Å². The highest BCUT2D eigenvalue weighted by Gasteiger charge is 2.16. The Morgan fingerprint density at radius 2 is 1.91 bits per heavy atom. The van der Waals surface area contributed by atoms with Crippen LogP contribution in [0.15, 0.2) is 23.2 Å². The first kappa shape index (κ1) is 22.3. The van der Waals surface area contributed by atoms with Gasteiger partial charge in [0.25, 0.3) is 0 Å². The molecule has 0 bridgehead atoms. The van der Waals surface area contributed by atoms with E-state index in [-0.39, 0.29) is 36.5 Å². The van der Waals surface area contributed by atoms with Crippen LogP contribution < -0.4 is 10.6 Å². The van der Waals surface area contributed by atoms with E-state index < -0.39 is 5.60 Å². The van der Waals surface area contributed by atoms with E-state index in [1.165, 1.54) is 0 Å². The second kappa shape index (κ2) is 10.2. The smallest absolute Gasteiger partial charge is 0.325 e. The number of benzene rings is 1. The van der Waals surface area contributed by atoms with Crippen LogP contribution in [0, 0.1) is 0 Å². The van der Waals surface area contributed by atoms with E-state index >= 15 is 0 Å². The van der Waals surface area contributed by atoms with Crippen molar-refractivity contribution in [3.63, 3.8) is 0 Å². The molecule has 1 rings (SSSR count). The third-order valence-corrected chi connectivity index (χ3v) is 3.09. The third kappa shape index (κ3) is 9.22. The van der Waals surface area contributed by atoms with E-state index in [4.69, 9.17) is 27.9 Å². The Balaban J connectivity index is 0.00000484. The first-order chi connectivity index (χ1) is 10.2. The largest absolute Gasteiger partial charge is 0.459 e. The van der Waals surface area contributed by atoms with Gasteiger partial charge in [0.1, 0.15) is 12.1 Å². The predicted molar refractivity (Wildman–Crippen MR) is 106 cm³/mol. The van der Waals surface area contributed by atoms with Gasteiger partial charge in [-0.25, -0.2) is 0 Å². The number of guanidine groups is 1. The topological polar surface area (TPSA) is 62.7 Å². The van der Waals surface area contributed by atoms with Gasteiger partial charge in [0.15, 0.2) is 5.96 Å². The van der Waals surface area contributed by atoms with Gasteiger partial charge in [0, 0.05) is 23.6 Å². The fourth-order valence-corrected chi connectivity index (χ4v) is 2.07. The zero-order chi connectivity index (χ0) is 16.8. The number of hydrogen-bond donors (Lipinski definition) is 2. The van der Waals surface area contributed by atoms with Gasteiger partial charge in [-0.15, -0.1) is 24.0 Å². The van der Waals surface area contributed by atoms with Crippen LogP contribution in [0.1, 0.15) is 26.3 Å². The minimum absolute atomic E-state index is 0.